The van der Waals surface area contributed by atoms with E-state index in [1.165, 1.54) is 11.2 Å². The molecule has 1 aliphatic rings. The molecular weight excluding hydrogens is 429 g/mol. The van der Waals surface area contributed by atoms with Crippen molar-refractivity contribution in [1.82, 2.24) is 14.9 Å². The number of amides is 2. The second kappa shape index (κ2) is 8.19. The van der Waals surface area contributed by atoms with E-state index in [4.69, 9.17) is 0 Å². The second-order valence-electron chi connectivity index (χ2n) is 6.47. The summed E-state index contributed by atoms with van der Waals surface area (Å²) in [5.74, 6) is -1.22. The van der Waals surface area contributed by atoms with Crippen molar-refractivity contribution in [2.24, 2.45) is 4.36 Å². The number of rotatable bonds is 2. The fourth-order valence-electron chi connectivity index (χ4n) is 2.78. The number of hydrogen-bond acceptors (Lipinski definition) is 6. The normalized spacial score (nSPS) is 20.2. The fourth-order valence-corrected chi connectivity index (χ4v) is 5.41. The molecule has 1 saturated heterocycles. The Morgan fingerprint density at radius 2 is 1.97 bits per heavy atom. The predicted molar refractivity (Wildman–Crippen MR) is 101 cm³/mol. The molecule has 2 aromatic rings. The van der Waals surface area contributed by atoms with E-state index < -0.39 is 26.7 Å². The molecule has 156 valence electrons. The van der Waals surface area contributed by atoms with E-state index in [9.17, 15) is 27.0 Å². The zero-order valence-corrected chi connectivity index (χ0v) is 16.9. The number of carbonyl (C=O) groups is 2. The molecule has 3 rings (SSSR count). The van der Waals surface area contributed by atoms with Crippen LogP contribution in [0.1, 0.15) is 37.8 Å². The van der Waals surface area contributed by atoms with E-state index in [2.05, 4.69) is 14.3 Å². The van der Waals surface area contributed by atoms with Crippen molar-refractivity contribution in [1.29, 1.82) is 0 Å². The summed E-state index contributed by atoms with van der Waals surface area (Å²) in [5, 5.41) is 1.06. The predicted octanol–water partition coefficient (Wildman–Crippen LogP) is 3.02. The molecule has 0 N–H and O–H groups in total. The number of aryl methyl sites for hydroxylation is 1. The fraction of sp³-hybridized carbons (Fsp3) is 0.412. The Labute approximate surface area is 169 Å². The lowest BCUT2D eigenvalue weighted by Gasteiger charge is -2.19. The Bertz CT molecular complexity index is 1060. The zero-order chi connectivity index (χ0) is 21.2. The molecule has 29 heavy (non-hydrogen) atoms. The van der Waals surface area contributed by atoms with Crippen LogP contribution < -0.4 is 0 Å². The third-order valence-electron chi connectivity index (χ3n) is 4.26. The van der Waals surface area contributed by atoms with Crippen LogP contribution in [0.15, 0.2) is 28.2 Å². The summed E-state index contributed by atoms with van der Waals surface area (Å²) in [7, 11) is -2.98. The summed E-state index contributed by atoms with van der Waals surface area (Å²) in [6, 6.07) is 2.26. The van der Waals surface area contributed by atoms with Gasteiger partial charge in [-0.15, -0.1) is 11.3 Å². The number of nitrogens with zero attached hydrogens (tertiary/aromatic N) is 4. The highest BCUT2D eigenvalue weighted by Crippen LogP contribution is 2.34. The lowest BCUT2D eigenvalue weighted by Crippen LogP contribution is -2.34. The Hall–Kier alpha value is -2.34. The van der Waals surface area contributed by atoms with Crippen LogP contribution in [-0.2, 0) is 15.9 Å². The van der Waals surface area contributed by atoms with E-state index in [1.54, 1.807) is 13.0 Å². The third kappa shape index (κ3) is 5.18. The highest BCUT2D eigenvalue weighted by molar-refractivity contribution is 7.93. The first kappa shape index (κ1) is 21.4. The van der Waals surface area contributed by atoms with Crippen LogP contribution in [0.25, 0.3) is 0 Å². The Morgan fingerprint density at radius 3 is 2.62 bits per heavy atom. The summed E-state index contributed by atoms with van der Waals surface area (Å²) in [5.41, 5.74) is 0.618. The molecule has 2 aromatic heterocycles. The molecule has 12 heteroatoms. The largest absolute Gasteiger partial charge is 0.425 e. The average molecular weight is 446 g/mol. The van der Waals surface area contributed by atoms with Gasteiger partial charge in [0, 0.05) is 35.7 Å². The summed E-state index contributed by atoms with van der Waals surface area (Å²) in [4.78, 5) is 33.3. The first-order valence-corrected chi connectivity index (χ1v) is 11.3. The smallest absolute Gasteiger partial charge is 0.336 e. The van der Waals surface area contributed by atoms with Gasteiger partial charge in [0.1, 0.15) is 16.9 Å². The molecule has 0 bridgehead atoms. The van der Waals surface area contributed by atoms with Crippen molar-refractivity contribution < 1.29 is 27.0 Å². The maximum atomic E-state index is 13.0. The highest BCUT2D eigenvalue weighted by Gasteiger charge is 2.33. The number of alkyl halides is 3. The van der Waals surface area contributed by atoms with E-state index in [0.29, 0.717) is 36.1 Å². The van der Waals surface area contributed by atoms with Gasteiger partial charge in [0.05, 0.1) is 15.3 Å². The second-order valence-corrected chi connectivity index (χ2v) is 9.92. The number of aromatic nitrogens is 2. The molecule has 0 spiro atoms. The monoisotopic (exact) mass is 446 g/mol. The van der Waals surface area contributed by atoms with Gasteiger partial charge >= 0.3 is 6.18 Å². The molecule has 2 amide bonds. The maximum absolute atomic E-state index is 13.0. The van der Waals surface area contributed by atoms with Gasteiger partial charge in [0.25, 0.3) is 11.8 Å². The van der Waals surface area contributed by atoms with Crippen molar-refractivity contribution in [2.45, 2.75) is 19.5 Å². The summed E-state index contributed by atoms with van der Waals surface area (Å²) in [6.45, 7) is 2.15. The van der Waals surface area contributed by atoms with Crippen LogP contribution in [0, 0.1) is 6.92 Å². The van der Waals surface area contributed by atoms with Crippen molar-refractivity contribution in [2.75, 3.05) is 24.6 Å². The van der Waals surface area contributed by atoms with Crippen LogP contribution in [0.5, 0.6) is 0 Å². The van der Waals surface area contributed by atoms with Crippen molar-refractivity contribution >= 4 is 32.9 Å². The molecule has 0 aromatic carbocycles. The van der Waals surface area contributed by atoms with Crippen molar-refractivity contribution in [3.63, 3.8) is 0 Å². The van der Waals surface area contributed by atoms with Crippen molar-refractivity contribution in [3.8, 4) is 0 Å². The zero-order valence-electron chi connectivity index (χ0n) is 15.3. The summed E-state index contributed by atoms with van der Waals surface area (Å²) in [6.07, 6.45) is -2.91. The lowest BCUT2D eigenvalue weighted by atomic mass is 10.3. The lowest BCUT2D eigenvalue weighted by molar-refractivity contribution is -0.134. The standard InChI is InChI=1S/C17H17F3N4O3S2/c1-11-7-13(22-10-21-11)16(26)24-3-2-5-29(27,6-4-24)23-15(25)12-8-14(28-9-12)17(18,19)20/h7-10H,2-6H2,1H3. The van der Waals surface area contributed by atoms with Crippen LogP contribution in [0.4, 0.5) is 13.2 Å². The molecule has 0 saturated carbocycles. The minimum absolute atomic E-state index is 0.0369. The molecule has 1 atom stereocenters. The highest BCUT2D eigenvalue weighted by atomic mass is 32.2. The summed E-state index contributed by atoms with van der Waals surface area (Å²) >= 11 is 0.389. The molecule has 3 heterocycles. The van der Waals surface area contributed by atoms with Gasteiger partial charge in [-0.1, -0.05) is 0 Å². The number of hydrogen-bond donors (Lipinski definition) is 0. The number of thiophene rings is 1. The molecular formula is C17H17F3N4O3S2. The van der Waals surface area contributed by atoms with Crippen LogP contribution in [0.3, 0.4) is 0 Å². The Kier molecular flexibility index (Phi) is 6.03. The SMILES string of the molecule is Cc1cc(C(=O)N2CCCS(=O)(=NC(=O)c3csc(C(F)(F)F)c3)CC2)ncn1. The van der Waals surface area contributed by atoms with Gasteiger partial charge in [0.15, 0.2) is 0 Å². The Morgan fingerprint density at radius 1 is 1.21 bits per heavy atom. The first-order valence-electron chi connectivity index (χ1n) is 8.58. The molecule has 7 nitrogen and oxygen atoms in total. The average Bonchev–Trinajstić information content (AvgIpc) is 3.07. The molecule has 1 unspecified atom stereocenters. The third-order valence-corrected chi connectivity index (χ3v) is 7.48. The van der Waals surface area contributed by atoms with Gasteiger partial charge < -0.3 is 4.90 Å². The molecule has 1 fully saturated rings. The van der Waals surface area contributed by atoms with Crippen LogP contribution >= 0.6 is 11.3 Å². The van der Waals surface area contributed by atoms with E-state index in [1.807, 2.05) is 0 Å². The minimum Gasteiger partial charge on any atom is -0.336 e. The number of carbonyl (C=O) groups excluding carboxylic acids is 2. The quantitative estimate of drug-likeness (QED) is 0.707. The van der Waals surface area contributed by atoms with Crippen LogP contribution in [-0.4, -0.2) is 55.5 Å². The minimum atomic E-state index is -4.55. The molecule has 0 aliphatic carbocycles. The van der Waals surface area contributed by atoms with Gasteiger partial charge in [-0.3, -0.25) is 9.59 Å². The first-order chi connectivity index (χ1) is 13.6. The molecule has 1 aliphatic heterocycles. The van der Waals surface area contributed by atoms with E-state index >= 15 is 0 Å². The van der Waals surface area contributed by atoms with Gasteiger partial charge in [0.2, 0.25) is 0 Å². The maximum Gasteiger partial charge on any atom is 0.425 e. The Balaban J connectivity index is 1.74. The number of halogens is 3. The van der Waals surface area contributed by atoms with Crippen molar-refractivity contribution in [3.05, 3.63) is 45.7 Å². The van der Waals surface area contributed by atoms with Gasteiger partial charge in [-0.25, -0.2) is 14.2 Å². The summed E-state index contributed by atoms with van der Waals surface area (Å²) < 4.78 is 54.8. The van der Waals surface area contributed by atoms with Crippen LogP contribution in [0.2, 0.25) is 0 Å². The topological polar surface area (TPSA) is 92.6 Å². The van der Waals surface area contributed by atoms with Gasteiger partial charge in [-0.2, -0.15) is 17.5 Å². The van der Waals surface area contributed by atoms with E-state index in [0.717, 1.165) is 5.38 Å². The van der Waals surface area contributed by atoms with E-state index in [-0.39, 0.29) is 35.2 Å². The van der Waals surface area contributed by atoms with Gasteiger partial charge in [-0.05, 0) is 25.5 Å². The molecule has 0 radical (unpaired) electrons.